The molecule has 2 aromatic carbocycles. The van der Waals surface area contributed by atoms with Gasteiger partial charge in [-0.25, -0.2) is 10.4 Å². The molecule has 0 spiro atoms. The van der Waals surface area contributed by atoms with E-state index in [-0.39, 0.29) is 12.2 Å². The summed E-state index contributed by atoms with van der Waals surface area (Å²) in [6, 6.07) is 14.0. The van der Waals surface area contributed by atoms with Gasteiger partial charge in [0, 0.05) is 10.6 Å². The molecule has 0 atom stereocenters. The Hall–Kier alpha value is -3.19. The first-order chi connectivity index (χ1) is 12.6. The number of fused-ring (bicyclic) bond motifs is 1. The lowest BCUT2D eigenvalue weighted by Crippen LogP contribution is -2.35. The van der Waals surface area contributed by atoms with Gasteiger partial charge < -0.3 is 4.84 Å². The number of rotatable bonds is 5. The summed E-state index contributed by atoms with van der Waals surface area (Å²) in [6.45, 7) is 1.24. The molecule has 0 fully saturated rings. The van der Waals surface area contributed by atoms with Gasteiger partial charge in [0.15, 0.2) is 6.61 Å². The Balaban J connectivity index is 1.66. The van der Waals surface area contributed by atoms with Crippen molar-refractivity contribution >= 4 is 34.6 Å². The highest BCUT2D eigenvalue weighted by molar-refractivity contribution is 6.33. The van der Waals surface area contributed by atoms with Crippen molar-refractivity contribution in [3.8, 4) is 0 Å². The van der Waals surface area contributed by atoms with Crippen molar-refractivity contribution < 1.29 is 9.63 Å². The molecule has 132 valence electrons. The van der Waals surface area contributed by atoms with Crippen LogP contribution in [0.1, 0.15) is 11.4 Å². The number of nitrogens with one attached hydrogen (secondary N) is 1. The smallest absolute Gasteiger partial charge is 0.294 e. The molecule has 0 radical (unpaired) electrons. The van der Waals surface area contributed by atoms with Gasteiger partial charge in [-0.3, -0.25) is 9.59 Å². The van der Waals surface area contributed by atoms with Crippen LogP contribution in [-0.4, -0.2) is 28.4 Å². The Kier molecular flexibility index (Phi) is 5.28. The highest BCUT2D eigenvalue weighted by atomic mass is 35.5. The molecule has 1 heterocycles. The van der Waals surface area contributed by atoms with Gasteiger partial charge in [-0.2, -0.15) is 5.10 Å². The Bertz CT molecular complexity index is 1050. The summed E-state index contributed by atoms with van der Waals surface area (Å²) in [5.41, 5.74) is 3.18. The van der Waals surface area contributed by atoms with Gasteiger partial charge in [0.1, 0.15) is 5.82 Å². The molecule has 0 aliphatic heterocycles. The fourth-order valence-electron chi connectivity index (χ4n) is 2.29. The molecule has 0 aliphatic rings. The second-order valence-electron chi connectivity index (χ2n) is 5.36. The van der Waals surface area contributed by atoms with Crippen molar-refractivity contribution in [2.75, 3.05) is 6.61 Å². The van der Waals surface area contributed by atoms with E-state index in [1.165, 1.54) is 6.21 Å². The Morgan fingerprint density at radius 3 is 2.81 bits per heavy atom. The first kappa shape index (κ1) is 17.6. The number of amides is 1. The zero-order valence-corrected chi connectivity index (χ0v) is 14.6. The van der Waals surface area contributed by atoms with Crippen molar-refractivity contribution in [1.82, 2.24) is 15.1 Å². The molecule has 8 heteroatoms. The SMILES string of the molecule is Cc1nc2ccccc2c(=O)n1OCC(=O)N/N=C\c1ccccc1Cl. The number of aromatic nitrogens is 2. The van der Waals surface area contributed by atoms with Crippen LogP contribution in [0.3, 0.4) is 0 Å². The maximum absolute atomic E-state index is 12.4. The van der Waals surface area contributed by atoms with E-state index < -0.39 is 5.91 Å². The largest absolute Gasteiger partial charge is 0.399 e. The predicted molar refractivity (Wildman–Crippen MR) is 99.4 cm³/mol. The molecule has 3 aromatic rings. The zero-order chi connectivity index (χ0) is 18.5. The minimum atomic E-state index is -0.521. The van der Waals surface area contributed by atoms with E-state index in [0.717, 1.165) is 4.73 Å². The van der Waals surface area contributed by atoms with Crippen molar-refractivity contribution in [2.45, 2.75) is 6.92 Å². The molecule has 1 N–H and O–H groups in total. The van der Waals surface area contributed by atoms with E-state index in [1.54, 1.807) is 55.5 Å². The third kappa shape index (κ3) is 3.89. The van der Waals surface area contributed by atoms with Crippen LogP contribution in [0, 0.1) is 6.92 Å². The number of carbonyl (C=O) groups excluding carboxylic acids is 1. The van der Waals surface area contributed by atoms with Crippen LogP contribution < -0.4 is 15.8 Å². The highest BCUT2D eigenvalue weighted by Gasteiger charge is 2.10. The number of benzene rings is 2. The van der Waals surface area contributed by atoms with Gasteiger partial charge >= 0.3 is 0 Å². The minimum absolute atomic E-state index is 0.348. The van der Waals surface area contributed by atoms with Crippen molar-refractivity contribution in [3.05, 3.63) is 75.3 Å². The molecule has 0 saturated carbocycles. The average Bonchev–Trinajstić information content (AvgIpc) is 2.63. The lowest BCUT2D eigenvalue weighted by molar-refractivity contribution is -0.126. The molecule has 1 amide bonds. The van der Waals surface area contributed by atoms with Crippen molar-refractivity contribution in [3.63, 3.8) is 0 Å². The summed E-state index contributed by atoms with van der Waals surface area (Å²) in [4.78, 5) is 33.9. The van der Waals surface area contributed by atoms with E-state index in [9.17, 15) is 9.59 Å². The van der Waals surface area contributed by atoms with E-state index >= 15 is 0 Å². The summed E-state index contributed by atoms with van der Waals surface area (Å²) in [6.07, 6.45) is 1.43. The second-order valence-corrected chi connectivity index (χ2v) is 5.77. The number of nitrogens with zero attached hydrogens (tertiary/aromatic N) is 3. The minimum Gasteiger partial charge on any atom is -0.399 e. The fraction of sp³-hybridized carbons (Fsp3) is 0.111. The van der Waals surface area contributed by atoms with Gasteiger partial charge in [-0.15, -0.1) is 4.73 Å². The molecule has 0 saturated heterocycles. The second kappa shape index (κ2) is 7.79. The molecule has 3 rings (SSSR count). The Labute approximate surface area is 153 Å². The number of hydrogen-bond acceptors (Lipinski definition) is 5. The maximum atomic E-state index is 12.4. The van der Waals surface area contributed by atoms with E-state index in [0.29, 0.717) is 27.3 Å². The summed E-state index contributed by atoms with van der Waals surface area (Å²) < 4.78 is 1.000. The van der Waals surface area contributed by atoms with Gasteiger partial charge in [-0.05, 0) is 25.1 Å². The van der Waals surface area contributed by atoms with Gasteiger partial charge in [0.2, 0.25) is 0 Å². The third-order valence-electron chi connectivity index (χ3n) is 3.52. The number of hydrazone groups is 1. The quantitative estimate of drug-likeness (QED) is 0.549. The zero-order valence-electron chi connectivity index (χ0n) is 13.8. The van der Waals surface area contributed by atoms with E-state index in [2.05, 4.69) is 15.5 Å². The van der Waals surface area contributed by atoms with Gasteiger partial charge in [0.05, 0.1) is 17.1 Å². The van der Waals surface area contributed by atoms with Gasteiger partial charge in [0.25, 0.3) is 11.5 Å². The van der Waals surface area contributed by atoms with Gasteiger partial charge in [-0.1, -0.05) is 41.9 Å². The van der Waals surface area contributed by atoms with Crippen LogP contribution in [0.5, 0.6) is 0 Å². The van der Waals surface area contributed by atoms with Crippen molar-refractivity contribution in [1.29, 1.82) is 0 Å². The van der Waals surface area contributed by atoms with Crippen LogP contribution in [0.25, 0.3) is 10.9 Å². The summed E-state index contributed by atoms with van der Waals surface area (Å²) in [5, 5.41) is 4.75. The molecular formula is C18H15ClN4O3. The molecule has 0 unspecified atom stereocenters. The molecule has 1 aromatic heterocycles. The summed E-state index contributed by atoms with van der Waals surface area (Å²) >= 11 is 5.99. The van der Waals surface area contributed by atoms with Crippen LogP contribution in [-0.2, 0) is 4.79 Å². The maximum Gasteiger partial charge on any atom is 0.294 e. The Morgan fingerprint density at radius 1 is 1.27 bits per heavy atom. The third-order valence-corrected chi connectivity index (χ3v) is 3.86. The van der Waals surface area contributed by atoms with Crippen LogP contribution in [0.4, 0.5) is 0 Å². The number of carbonyl (C=O) groups is 1. The summed E-state index contributed by atoms with van der Waals surface area (Å²) in [5.74, 6) is -0.172. The van der Waals surface area contributed by atoms with Crippen LogP contribution in [0.15, 0.2) is 58.4 Å². The normalized spacial score (nSPS) is 11.0. The molecule has 7 nitrogen and oxygen atoms in total. The predicted octanol–water partition coefficient (Wildman–Crippen LogP) is 1.94. The molecule has 0 bridgehead atoms. The van der Waals surface area contributed by atoms with E-state index in [1.807, 2.05) is 0 Å². The molecule has 0 aliphatic carbocycles. The topological polar surface area (TPSA) is 85.6 Å². The summed E-state index contributed by atoms with van der Waals surface area (Å²) in [7, 11) is 0. The van der Waals surface area contributed by atoms with Crippen LogP contribution >= 0.6 is 11.6 Å². The fourth-order valence-corrected chi connectivity index (χ4v) is 2.47. The van der Waals surface area contributed by atoms with E-state index in [4.69, 9.17) is 16.4 Å². The standard InChI is InChI=1S/C18H15ClN4O3/c1-12-21-16-9-5-3-7-14(16)18(25)23(12)26-11-17(24)22-20-10-13-6-2-4-8-15(13)19/h2-10H,11H2,1H3,(H,22,24)/b20-10-. The lowest BCUT2D eigenvalue weighted by atomic mass is 10.2. The number of aryl methyl sites for hydroxylation is 1. The average molecular weight is 371 g/mol. The molecule has 26 heavy (non-hydrogen) atoms. The number of para-hydroxylation sites is 1. The van der Waals surface area contributed by atoms with Crippen molar-refractivity contribution in [2.24, 2.45) is 5.10 Å². The highest BCUT2D eigenvalue weighted by Crippen LogP contribution is 2.12. The first-order valence-electron chi connectivity index (χ1n) is 7.74. The lowest BCUT2D eigenvalue weighted by Gasteiger charge is -2.11. The first-order valence-corrected chi connectivity index (χ1v) is 8.12. The number of hydrogen-bond donors (Lipinski definition) is 1. The monoisotopic (exact) mass is 370 g/mol. The van der Waals surface area contributed by atoms with Crippen LogP contribution in [0.2, 0.25) is 5.02 Å². The Morgan fingerprint density at radius 2 is 2.00 bits per heavy atom. The number of halogens is 1. The molecular weight excluding hydrogens is 356 g/mol.